The molecule has 0 aromatic heterocycles. The Morgan fingerprint density at radius 1 is 0.800 bits per heavy atom. The third-order valence-electron chi connectivity index (χ3n) is 8.21. The molecular formula is C35H40N2O3. The smallest absolute Gasteiger partial charge is 0.184 e. The molecular weight excluding hydrogens is 496 g/mol. The normalized spacial score (nSPS) is 21.9. The van der Waals surface area contributed by atoms with Crippen molar-refractivity contribution in [2.24, 2.45) is 11.7 Å². The van der Waals surface area contributed by atoms with Crippen LogP contribution in [-0.4, -0.2) is 29.7 Å². The van der Waals surface area contributed by atoms with Crippen molar-refractivity contribution in [3.05, 3.63) is 131 Å². The molecule has 40 heavy (non-hydrogen) atoms. The van der Waals surface area contributed by atoms with E-state index in [2.05, 4.69) is 105 Å². The predicted octanol–water partition coefficient (Wildman–Crippen LogP) is 6.79. The van der Waals surface area contributed by atoms with Gasteiger partial charge in [-0.05, 0) is 53.4 Å². The van der Waals surface area contributed by atoms with E-state index in [1.165, 1.54) is 5.56 Å². The molecule has 1 aliphatic rings. The van der Waals surface area contributed by atoms with Crippen LogP contribution < -0.4 is 5.73 Å². The molecule has 3 N–H and O–H groups in total. The van der Waals surface area contributed by atoms with E-state index < -0.39 is 6.29 Å². The highest BCUT2D eigenvalue weighted by atomic mass is 16.7. The van der Waals surface area contributed by atoms with E-state index in [0.717, 1.165) is 39.9 Å². The highest BCUT2D eigenvalue weighted by molar-refractivity contribution is 5.64. The summed E-state index contributed by atoms with van der Waals surface area (Å²) in [6.07, 6.45) is -0.676. The number of likely N-dealkylation sites (N-methyl/N-ethyl adjacent to an activating group) is 1. The molecule has 5 rings (SSSR count). The number of hydrogen-bond acceptors (Lipinski definition) is 5. The van der Waals surface area contributed by atoms with Crippen molar-refractivity contribution in [3.63, 3.8) is 0 Å². The second-order valence-electron chi connectivity index (χ2n) is 10.9. The van der Waals surface area contributed by atoms with Gasteiger partial charge >= 0.3 is 0 Å². The lowest BCUT2D eigenvalue weighted by Crippen LogP contribution is -2.44. The van der Waals surface area contributed by atoms with Gasteiger partial charge in [0, 0.05) is 30.6 Å². The van der Waals surface area contributed by atoms with Gasteiger partial charge in [-0.3, -0.25) is 4.90 Å². The summed E-state index contributed by atoms with van der Waals surface area (Å²) in [7, 11) is 2.16. The zero-order valence-electron chi connectivity index (χ0n) is 23.6. The van der Waals surface area contributed by atoms with Crippen molar-refractivity contribution in [2.45, 2.75) is 51.5 Å². The Labute approximate surface area is 238 Å². The molecule has 1 fully saturated rings. The van der Waals surface area contributed by atoms with E-state index in [-0.39, 0.29) is 30.8 Å². The molecule has 0 spiro atoms. The molecule has 1 aliphatic heterocycles. The average Bonchev–Trinajstić information content (AvgIpc) is 3.02. The average molecular weight is 537 g/mol. The Balaban J connectivity index is 1.40. The van der Waals surface area contributed by atoms with Crippen LogP contribution in [0.25, 0.3) is 11.1 Å². The molecule has 5 heteroatoms. The van der Waals surface area contributed by atoms with E-state index in [4.69, 9.17) is 15.2 Å². The van der Waals surface area contributed by atoms with Crippen LogP contribution >= 0.6 is 0 Å². The summed E-state index contributed by atoms with van der Waals surface area (Å²) in [6.45, 7) is 5.76. The molecule has 5 atom stereocenters. The first-order valence-electron chi connectivity index (χ1n) is 14.1. The van der Waals surface area contributed by atoms with Crippen LogP contribution in [0.5, 0.6) is 0 Å². The molecule has 0 aliphatic carbocycles. The van der Waals surface area contributed by atoms with E-state index in [9.17, 15) is 5.11 Å². The van der Waals surface area contributed by atoms with Crippen molar-refractivity contribution in [1.82, 2.24) is 4.90 Å². The van der Waals surface area contributed by atoms with Crippen molar-refractivity contribution >= 4 is 0 Å². The fraction of sp³-hybridized carbons (Fsp3) is 0.314. The summed E-state index contributed by atoms with van der Waals surface area (Å²) in [6, 6.07) is 35.7. The lowest BCUT2D eigenvalue weighted by molar-refractivity contribution is -0.276. The standard InChI is InChI=1S/C35H40N2O3/c1-24-33(22-37(3)25(2)28-9-5-4-6-10-28)39-35(40-34(24)30-14-12-26(23-38)13-15-30)31-18-16-29(17-19-31)32-11-7-8-27(20-32)21-36/h4-20,24-25,33-35,38H,21-23,36H2,1-3H3. The van der Waals surface area contributed by atoms with Gasteiger partial charge in [-0.1, -0.05) is 104 Å². The maximum atomic E-state index is 9.54. The Bertz CT molecular complexity index is 1360. The van der Waals surface area contributed by atoms with Gasteiger partial charge in [0.15, 0.2) is 6.29 Å². The minimum Gasteiger partial charge on any atom is -0.392 e. The first-order chi connectivity index (χ1) is 19.5. The highest BCUT2D eigenvalue weighted by Gasteiger charge is 2.39. The number of hydrogen-bond donors (Lipinski definition) is 2. The largest absolute Gasteiger partial charge is 0.392 e. The number of nitrogens with zero attached hydrogens (tertiary/aromatic N) is 1. The summed E-state index contributed by atoms with van der Waals surface area (Å²) >= 11 is 0. The van der Waals surface area contributed by atoms with Crippen molar-refractivity contribution in [1.29, 1.82) is 0 Å². The molecule has 5 unspecified atom stereocenters. The van der Waals surface area contributed by atoms with E-state index in [1.54, 1.807) is 0 Å². The van der Waals surface area contributed by atoms with Gasteiger partial charge < -0.3 is 20.3 Å². The van der Waals surface area contributed by atoms with Gasteiger partial charge in [0.2, 0.25) is 0 Å². The van der Waals surface area contributed by atoms with Crippen LogP contribution in [0.1, 0.15) is 60.1 Å². The Morgan fingerprint density at radius 3 is 2.17 bits per heavy atom. The number of benzene rings is 4. The second kappa shape index (κ2) is 12.9. The van der Waals surface area contributed by atoms with Crippen molar-refractivity contribution < 1.29 is 14.6 Å². The lowest BCUT2D eigenvalue weighted by Gasteiger charge is -2.43. The van der Waals surface area contributed by atoms with E-state index in [0.29, 0.717) is 6.54 Å². The lowest BCUT2D eigenvalue weighted by atomic mass is 9.89. The third kappa shape index (κ3) is 6.35. The van der Waals surface area contributed by atoms with Crippen LogP contribution in [0.15, 0.2) is 103 Å². The number of aliphatic hydroxyl groups is 1. The van der Waals surface area contributed by atoms with Crippen molar-refractivity contribution in [2.75, 3.05) is 13.6 Å². The summed E-state index contributed by atoms with van der Waals surface area (Å²) in [5.41, 5.74) is 13.5. The number of ether oxygens (including phenoxy) is 2. The van der Waals surface area contributed by atoms with Gasteiger partial charge in [-0.15, -0.1) is 0 Å². The maximum Gasteiger partial charge on any atom is 0.184 e. The summed E-state index contributed by atoms with van der Waals surface area (Å²) < 4.78 is 13.4. The molecule has 1 saturated heterocycles. The van der Waals surface area contributed by atoms with Crippen molar-refractivity contribution in [3.8, 4) is 11.1 Å². The van der Waals surface area contributed by atoms with E-state index >= 15 is 0 Å². The summed E-state index contributed by atoms with van der Waals surface area (Å²) in [4.78, 5) is 2.36. The fourth-order valence-corrected chi connectivity index (χ4v) is 5.47. The second-order valence-corrected chi connectivity index (χ2v) is 10.9. The minimum atomic E-state index is -0.492. The molecule has 5 nitrogen and oxygen atoms in total. The molecule has 4 aromatic carbocycles. The van der Waals surface area contributed by atoms with Gasteiger partial charge in [0.05, 0.1) is 18.8 Å². The van der Waals surface area contributed by atoms with Gasteiger partial charge in [0.25, 0.3) is 0 Å². The minimum absolute atomic E-state index is 0.0262. The quantitative estimate of drug-likeness (QED) is 0.247. The van der Waals surface area contributed by atoms with Crippen LogP contribution in [0.4, 0.5) is 0 Å². The summed E-state index contributed by atoms with van der Waals surface area (Å²) in [5, 5.41) is 9.54. The predicted molar refractivity (Wildman–Crippen MR) is 160 cm³/mol. The molecule has 208 valence electrons. The van der Waals surface area contributed by atoms with Gasteiger partial charge in [-0.2, -0.15) is 0 Å². The zero-order chi connectivity index (χ0) is 28.1. The van der Waals surface area contributed by atoms with Crippen LogP contribution in [0.3, 0.4) is 0 Å². The maximum absolute atomic E-state index is 9.54. The van der Waals surface area contributed by atoms with Crippen LogP contribution in [-0.2, 0) is 22.6 Å². The Morgan fingerprint density at radius 2 is 1.50 bits per heavy atom. The molecule has 0 radical (unpaired) electrons. The van der Waals surface area contributed by atoms with E-state index in [1.807, 2.05) is 24.3 Å². The number of rotatable bonds is 9. The number of nitrogens with two attached hydrogens (primary N) is 1. The van der Waals surface area contributed by atoms with Gasteiger partial charge in [0.1, 0.15) is 0 Å². The molecule has 0 saturated carbocycles. The highest BCUT2D eigenvalue weighted by Crippen LogP contribution is 2.42. The van der Waals surface area contributed by atoms with Gasteiger partial charge in [-0.25, -0.2) is 0 Å². The first-order valence-corrected chi connectivity index (χ1v) is 14.1. The topological polar surface area (TPSA) is 68.0 Å². The molecule has 0 bridgehead atoms. The third-order valence-corrected chi connectivity index (χ3v) is 8.21. The van der Waals surface area contributed by atoms with Crippen LogP contribution in [0, 0.1) is 5.92 Å². The zero-order valence-corrected chi connectivity index (χ0v) is 23.6. The molecule has 0 amide bonds. The molecule has 1 heterocycles. The Hall–Kier alpha value is -3.32. The Kier molecular flexibility index (Phi) is 9.10. The van der Waals surface area contributed by atoms with Crippen LogP contribution in [0.2, 0.25) is 0 Å². The fourth-order valence-electron chi connectivity index (χ4n) is 5.47. The monoisotopic (exact) mass is 536 g/mol. The number of aliphatic hydroxyl groups excluding tert-OH is 1. The SMILES string of the molecule is CC1C(CN(C)C(C)c2ccccc2)OC(c2ccc(-c3cccc(CN)c3)cc2)OC1c1ccc(CO)cc1. The first kappa shape index (κ1) is 28.2. The summed E-state index contributed by atoms with van der Waals surface area (Å²) in [5.74, 6) is 0.125. The molecule has 4 aromatic rings.